The van der Waals surface area contributed by atoms with Crippen molar-refractivity contribution < 1.29 is 8.42 Å². The molecule has 2 aromatic rings. The van der Waals surface area contributed by atoms with Crippen molar-refractivity contribution in [2.24, 2.45) is 0 Å². The number of anilines is 1. The topological polar surface area (TPSA) is 74.8 Å². The number of sulfonamides is 1. The van der Waals surface area contributed by atoms with Gasteiger partial charge in [0.05, 0.1) is 16.9 Å². The highest BCUT2D eigenvalue weighted by Crippen LogP contribution is 2.24. The van der Waals surface area contributed by atoms with Gasteiger partial charge in [-0.05, 0) is 30.7 Å². The summed E-state index contributed by atoms with van der Waals surface area (Å²) in [7, 11) is -3.66. The number of aryl methyl sites for hydroxylation is 1. The largest absolute Gasteiger partial charge is 0.278 e. The molecule has 0 atom stereocenters. The quantitative estimate of drug-likeness (QED) is 0.898. The lowest BCUT2D eigenvalue weighted by molar-refractivity contribution is 0.597. The fourth-order valence-electron chi connectivity index (χ4n) is 1.31. The number of nitrogens with zero attached hydrogens (tertiary/aromatic N) is 1. The summed E-state index contributed by atoms with van der Waals surface area (Å²) in [6, 6.07) is 6.47. The first-order chi connectivity index (χ1) is 7.99. The Kier molecular flexibility index (Phi) is 3.08. The van der Waals surface area contributed by atoms with Gasteiger partial charge >= 0.3 is 0 Å². The van der Waals surface area contributed by atoms with Crippen LogP contribution in [0, 0.1) is 6.92 Å². The standard InChI is InChI=1S/C10H10ClN3O2S/c1-7-2-3-8(11)9(6-7)14-17(15,16)10-4-5-12-13-10/h2-6,14H,1H3,(H,12,13). The van der Waals surface area contributed by atoms with Crippen LogP contribution < -0.4 is 4.72 Å². The minimum Gasteiger partial charge on any atom is -0.277 e. The first-order valence-electron chi connectivity index (χ1n) is 4.77. The van der Waals surface area contributed by atoms with Crippen molar-refractivity contribution in [2.45, 2.75) is 11.9 Å². The van der Waals surface area contributed by atoms with Gasteiger partial charge < -0.3 is 0 Å². The minimum atomic E-state index is -3.66. The average Bonchev–Trinajstić information content (AvgIpc) is 2.77. The van der Waals surface area contributed by atoms with Gasteiger partial charge in [0.2, 0.25) is 0 Å². The molecule has 0 radical (unpaired) electrons. The molecule has 5 nitrogen and oxygen atoms in total. The van der Waals surface area contributed by atoms with E-state index in [9.17, 15) is 8.42 Å². The van der Waals surface area contributed by atoms with Gasteiger partial charge in [0.1, 0.15) is 0 Å². The smallest absolute Gasteiger partial charge is 0.277 e. The summed E-state index contributed by atoms with van der Waals surface area (Å²) >= 11 is 5.91. The zero-order chi connectivity index (χ0) is 12.5. The number of nitrogens with one attached hydrogen (secondary N) is 2. The zero-order valence-electron chi connectivity index (χ0n) is 8.94. The molecule has 0 unspecified atom stereocenters. The van der Waals surface area contributed by atoms with Crippen LogP contribution in [-0.2, 0) is 10.0 Å². The van der Waals surface area contributed by atoms with Crippen LogP contribution in [0.1, 0.15) is 5.56 Å². The van der Waals surface area contributed by atoms with E-state index in [0.29, 0.717) is 10.7 Å². The second-order valence-electron chi connectivity index (χ2n) is 3.51. The van der Waals surface area contributed by atoms with Crippen molar-refractivity contribution in [3.63, 3.8) is 0 Å². The van der Waals surface area contributed by atoms with Crippen LogP contribution in [0.5, 0.6) is 0 Å². The van der Waals surface area contributed by atoms with Gasteiger partial charge in [-0.25, -0.2) is 0 Å². The summed E-state index contributed by atoms with van der Waals surface area (Å²) in [5.74, 6) is 0. The third kappa shape index (κ3) is 2.59. The molecule has 90 valence electrons. The van der Waals surface area contributed by atoms with E-state index < -0.39 is 10.0 Å². The van der Waals surface area contributed by atoms with E-state index in [4.69, 9.17) is 11.6 Å². The van der Waals surface area contributed by atoms with E-state index in [-0.39, 0.29) is 5.03 Å². The van der Waals surface area contributed by atoms with E-state index in [2.05, 4.69) is 14.9 Å². The number of halogens is 1. The molecule has 1 aromatic heterocycles. The van der Waals surface area contributed by atoms with Crippen LogP contribution in [0.2, 0.25) is 5.02 Å². The van der Waals surface area contributed by atoms with Crippen molar-refractivity contribution >= 4 is 27.3 Å². The molecular formula is C10H10ClN3O2S. The Hall–Kier alpha value is -1.53. The molecule has 0 saturated carbocycles. The summed E-state index contributed by atoms with van der Waals surface area (Å²) in [6.45, 7) is 1.85. The zero-order valence-corrected chi connectivity index (χ0v) is 10.5. The number of H-pyrrole nitrogens is 1. The third-order valence-electron chi connectivity index (χ3n) is 2.13. The molecule has 2 N–H and O–H groups in total. The monoisotopic (exact) mass is 271 g/mol. The Morgan fingerprint density at radius 1 is 1.35 bits per heavy atom. The predicted molar refractivity (Wildman–Crippen MR) is 65.6 cm³/mol. The third-order valence-corrected chi connectivity index (χ3v) is 3.76. The lowest BCUT2D eigenvalue weighted by atomic mass is 10.2. The summed E-state index contributed by atoms with van der Waals surface area (Å²) in [6.07, 6.45) is 1.37. The Bertz CT molecular complexity index is 623. The van der Waals surface area contributed by atoms with Crippen LogP contribution >= 0.6 is 11.6 Å². The molecule has 0 saturated heterocycles. The average molecular weight is 272 g/mol. The second kappa shape index (κ2) is 4.38. The van der Waals surface area contributed by atoms with Gasteiger partial charge in [0.25, 0.3) is 10.0 Å². The summed E-state index contributed by atoms with van der Waals surface area (Å²) in [4.78, 5) is 0. The number of aromatic amines is 1. The maximum atomic E-state index is 11.9. The van der Waals surface area contributed by atoms with Gasteiger partial charge in [0, 0.05) is 0 Å². The molecule has 0 spiro atoms. The number of hydrogen-bond donors (Lipinski definition) is 2. The first-order valence-corrected chi connectivity index (χ1v) is 6.63. The van der Waals surface area contributed by atoms with E-state index in [1.54, 1.807) is 18.2 Å². The predicted octanol–water partition coefficient (Wildman–Crippen LogP) is 2.17. The van der Waals surface area contributed by atoms with Crippen LogP contribution in [-0.4, -0.2) is 18.6 Å². The van der Waals surface area contributed by atoms with Gasteiger partial charge in [0.15, 0.2) is 5.03 Å². The highest BCUT2D eigenvalue weighted by Gasteiger charge is 2.16. The summed E-state index contributed by atoms with van der Waals surface area (Å²) in [5.41, 5.74) is 1.26. The maximum absolute atomic E-state index is 11.9. The highest BCUT2D eigenvalue weighted by atomic mass is 35.5. The van der Waals surface area contributed by atoms with Crippen molar-refractivity contribution in [1.82, 2.24) is 10.2 Å². The molecule has 0 fully saturated rings. The summed E-state index contributed by atoms with van der Waals surface area (Å²) in [5, 5.41) is 6.32. The molecule has 7 heteroatoms. The van der Waals surface area contributed by atoms with Gasteiger partial charge in [-0.1, -0.05) is 17.7 Å². The van der Waals surface area contributed by atoms with Crippen LogP contribution in [0.3, 0.4) is 0 Å². The van der Waals surface area contributed by atoms with Gasteiger partial charge in [-0.15, -0.1) is 0 Å². The fraction of sp³-hybridized carbons (Fsp3) is 0.100. The van der Waals surface area contributed by atoms with Crippen LogP contribution in [0.4, 0.5) is 5.69 Å². The Balaban J connectivity index is 2.36. The SMILES string of the molecule is Cc1ccc(Cl)c(NS(=O)(=O)c2ccn[nH]2)c1. The molecule has 1 heterocycles. The van der Waals surface area contributed by atoms with Crippen molar-refractivity contribution in [3.8, 4) is 0 Å². The normalized spacial score (nSPS) is 11.4. The molecule has 0 aliphatic carbocycles. The number of rotatable bonds is 3. The van der Waals surface area contributed by atoms with E-state index in [0.717, 1.165) is 5.56 Å². The van der Waals surface area contributed by atoms with Crippen LogP contribution in [0.25, 0.3) is 0 Å². The van der Waals surface area contributed by atoms with Gasteiger partial charge in [-0.3, -0.25) is 9.82 Å². The highest BCUT2D eigenvalue weighted by molar-refractivity contribution is 7.92. The molecule has 2 rings (SSSR count). The maximum Gasteiger partial charge on any atom is 0.278 e. The van der Waals surface area contributed by atoms with Crippen LogP contribution in [0.15, 0.2) is 35.5 Å². The lowest BCUT2D eigenvalue weighted by Crippen LogP contribution is -2.13. The summed E-state index contributed by atoms with van der Waals surface area (Å²) < 4.78 is 26.2. The molecule has 17 heavy (non-hydrogen) atoms. The van der Waals surface area contributed by atoms with Gasteiger partial charge in [-0.2, -0.15) is 13.5 Å². The Morgan fingerprint density at radius 3 is 2.76 bits per heavy atom. The molecule has 0 bridgehead atoms. The van der Waals surface area contributed by atoms with E-state index in [1.807, 2.05) is 6.92 Å². The first kappa shape index (κ1) is 11.9. The Morgan fingerprint density at radius 2 is 2.12 bits per heavy atom. The van der Waals surface area contributed by atoms with Crippen molar-refractivity contribution in [3.05, 3.63) is 41.0 Å². The molecule has 0 amide bonds. The number of benzene rings is 1. The molecule has 0 aliphatic heterocycles. The number of aromatic nitrogens is 2. The molecule has 0 aliphatic rings. The minimum absolute atomic E-state index is 0.00456. The Labute approximate surface area is 104 Å². The molecule has 1 aromatic carbocycles. The van der Waals surface area contributed by atoms with Crippen molar-refractivity contribution in [1.29, 1.82) is 0 Å². The van der Waals surface area contributed by atoms with E-state index in [1.165, 1.54) is 12.3 Å². The van der Waals surface area contributed by atoms with E-state index >= 15 is 0 Å². The lowest BCUT2D eigenvalue weighted by Gasteiger charge is -2.08. The number of hydrogen-bond acceptors (Lipinski definition) is 3. The van der Waals surface area contributed by atoms with Crippen molar-refractivity contribution in [2.75, 3.05) is 4.72 Å². The second-order valence-corrected chi connectivity index (χ2v) is 5.57. The molecular weight excluding hydrogens is 262 g/mol. The fourth-order valence-corrected chi connectivity index (χ4v) is 2.51.